The summed E-state index contributed by atoms with van der Waals surface area (Å²) in [7, 11) is 0. The van der Waals surface area contributed by atoms with Crippen molar-refractivity contribution in [1.29, 1.82) is 0 Å². The Kier molecular flexibility index (Phi) is 10.7. The monoisotopic (exact) mass is 874 g/mol. The molecule has 6 heteroatoms. The third-order valence-corrected chi connectivity index (χ3v) is 13.4. The molecule has 0 fully saturated rings. The van der Waals surface area contributed by atoms with Gasteiger partial charge in [-0.15, -0.1) is 0 Å². The summed E-state index contributed by atoms with van der Waals surface area (Å²) >= 11 is 0. The average Bonchev–Trinajstić information content (AvgIpc) is 3.66. The van der Waals surface area contributed by atoms with E-state index in [0.29, 0.717) is 24.3 Å². The third kappa shape index (κ3) is 7.41. The predicted molar refractivity (Wildman–Crippen MR) is 269 cm³/mol. The van der Waals surface area contributed by atoms with Crippen molar-refractivity contribution in [3.63, 3.8) is 0 Å². The van der Waals surface area contributed by atoms with Crippen LogP contribution in [0.15, 0.2) is 194 Å². The molecule has 0 amide bonds. The van der Waals surface area contributed by atoms with E-state index in [2.05, 4.69) is 170 Å². The van der Waals surface area contributed by atoms with Gasteiger partial charge in [-0.25, -0.2) is 0 Å². The highest BCUT2D eigenvalue weighted by Crippen LogP contribution is 2.57. The molecule has 0 atom stereocenters. The van der Waals surface area contributed by atoms with Crippen LogP contribution in [0, 0.1) is 0 Å². The molecule has 0 radical (unpaired) electrons. The molecule has 0 aliphatic heterocycles. The summed E-state index contributed by atoms with van der Waals surface area (Å²) in [5.41, 5.74) is 10.4. The van der Waals surface area contributed by atoms with Gasteiger partial charge in [-0.1, -0.05) is 158 Å². The lowest BCUT2D eigenvalue weighted by molar-refractivity contribution is -0.138. The number of rotatable bonds is 14. The van der Waals surface area contributed by atoms with Crippen molar-refractivity contribution in [2.24, 2.45) is 0 Å². The van der Waals surface area contributed by atoms with Crippen LogP contribution in [-0.4, -0.2) is 35.4 Å². The number of carboxylic acid groups (broad SMARTS) is 2. The van der Waals surface area contributed by atoms with Gasteiger partial charge in [0.15, 0.2) is 0 Å². The summed E-state index contributed by atoms with van der Waals surface area (Å²) in [6, 6.07) is 69.2. The van der Waals surface area contributed by atoms with Gasteiger partial charge in [-0.2, -0.15) is 0 Å². The van der Waals surface area contributed by atoms with Gasteiger partial charge in [0.2, 0.25) is 0 Å². The van der Waals surface area contributed by atoms with Gasteiger partial charge in [0, 0.05) is 24.0 Å². The molecule has 0 saturated heterocycles. The number of hydrogen-bond acceptors (Lipinski definition) is 4. The number of ether oxygens (including phenoxy) is 2. The van der Waals surface area contributed by atoms with Gasteiger partial charge in [0.25, 0.3) is 0 Å². The van der Waals surface area contributed by atoms with Crippen LogP contribution in [0.3, 0.4) is 0 Å². The molecule has 10 aromatic carbocycles. The van der Waals surface area contributed by atoms with Crippen molar-refractivity contribution in [3.05, 3.63) is 216 Å². The van der Waals surface area contributed by atoms with Crippen LogP contribution in [0.1, 0.15) is 47.9 Å². The van der Waals surface area contributed by atoms with Crippen molar-refractivity contribution >= 4 is 55.0 Å². The van der Waals surface area contributed by atoms with Crippen LogP contribution in [0.4, 0.5) is 0 Å². The molecule has 11 rings (SSSR count). The quantitative estimate of drug-likeness (QED) is 0.106. The Balaban J connectivity index is 1.11. The Bertz CT molecular complexity index is 3330. The molecule has 0 heterocycles. The van der Waals surface area contributed by atoms with Crippen molar-refractivity contribution in [2.75, 3.05) is 13.2 Å². The lowest BCUT2D eigenvalue weighted by Gasteiger charge is -2.34. The molecule has 0 unspecified atom stereocenters. The predicted octanol–water partition coefficient (Wildman–Crippen LogP) is 14.5. The van der Waals surface area contributed by atoms with E-state index in [9.17, 15) is 19.8 Å². The first kappa shape index (κ1) is 41.5. The molecular weight excluding hydrogens is 829 g/mol. The number of benzene rings is 10. The lowest BCUT2D eigenvalue weighted by atomic mass is 9.67. The summed E-state index contributed by atoms with van der Waals surface area (Å²) in [4.78, 5) is 22.8. The zero-order valence-electron chi connectivity index (χ0n) is 36.7. The van der Waals surface area contributed by atoms with Crippen LogP contribution in [0.25, 0.3) is 76.5 Å². The van der Waals surface area contributed by atoms with E-state index in [4.69, 9.17) is 9.47 Å². The number of carboxylic acids is 2. The normalized spacial score (nSPS) is 12.6. The largest absolute Gasteiger partial charge is 0.493 e. The second-order valence-corrected chi connectivity index (χ2v) is 17.4. The molecule has 6 nitrogen and oxygen atoms in total. The van der Waals surface area contributed by atoms with E-state index >= 15 is 0 Å². The summed E-state index contributed by atoms with van der Waals surface area (Å²) in [5.74, 6) is -0.244. The second kappa shape index (κ2) is 17.3. The van der Waals surface area contributed by atoms with Crippen LogP contribution >= 0.6 is 0 Å². The number of aliphatic carboxylic acids is 2. The molecule has 10 aromatic rings. The topological polar surface area (TPSA) is 93.1 Å². The maximum Gasteiger partial charge on any atom is 0.303 e. The second-order valence-electron chi connectivity index (χ2n) is 17.4. The fourth-order valence-corrected chi connectivity index (χ4v) is 10.4. The number of carbonyl (C=O) groups is 2. The maximum atomic E-state index is 11.4. The third-order valence-electron chi connectivity index (χ3n) is 13.4. The van der Waals surface area contributed by atoms with Gasteiger partial charge in [0.05, 0.1) is 18.6 Å². The van der Waals surface area contributed by atoms with Crippen molar-refractivity contribution in [2.45, 2.75) is 31.1 Å². The van der Waals surface area contributed by atoms with Gasteiger partial charge in [-0.3, -0.25) is 9.59 Å². The molecule has 0 saturated carbocycles. The first-order valence-corrected chi connectivity index (χ1v) is 22.9. The van der Waals surface area contributed by atoms with Gasteiger partial charge >= 0.3 is 11.9 Å². The molecule has 1 aliphatic carbocycles. The smallest absolute Gasteiger partial charge is 0.303 e. The van der Waals surface area contributed by atoms with E-state index in [-0.39, 0.29) is 26.1 Å². The number of hydrogen-bond donors (Lipinski definition) is 2. The zero-order chi connectivity index (χ0) is 45.5. The Labute approximate surface area is 388 Å². The molecule has 326 valence electrons. The van der Waals surface area contributed by atoms with Crippen LogP contribution in [-0.2, 0) is 15.0 Å². The van der Waals surface area contributed by atoms with Gasteiger partial charge in [0.1, 0.15) is 11.5 Å². The van der Waals surface area contributed by atoms with Crippen LogP contribution in [0.5, 0.6) is 11.5 Å². The minimum absolute atomic E-state index is 0.0380. The highest BCUT2D eigenvalue weighted by molar-refractivity contribution is 6.05. The Morgan fingerprint density at radius 3 is 1.25 bits per heavy atom. The highest BCUT2D eigenvalue weighted by atomic mass is 16.5. The first-order chi connectivity index (χ1) is 32.9. The summed E-state index contributed by atoms with van der Waals surface area (Å²) < 4.78 is 12.9. The van der Waals surface area contributed by atoms with Crippen LogP contribution in [0.2, 0.25) is 0 Å². The highest BCUT2D eigenvalue weighted by Gasteiger charge is 2.46. The lowest BCUT2D eigenvalue weighted by Crippen LogP contribution is -2.28. The Morgan fingerprint density at radius 2 is 0.806 bits per heavy atom. The number of fused-ring (bicyclic) bond motifs is 7. The fourth-order valence-electron chi connectivity index (χ4n) is 10.4. The van der Waals surface area contributed by atoms with Crippen molar-refractivity contribution in [1.82, 2.24) is 0 Å². The molecular formula is C61H46O6. The van der Waals surface area contributed by atoms with Crippen LogP contribution < -0.4 is 9.47 Å². The van der Waals surface area contributed by atoms with Gasteiger partial charge < -0.3 is 19.7 Å². The summed E-state index contributed by atoms with van der Waals surface area (Å²) in [6.07, 6.45) is 0.884. The summed E-state index contributed by atoms with van der Waals surface area (Å²) in [6.45, 7) is 0.575. The Hall–Kier alpha value is -8.22. The summed E-state index contributed by atoms with van der Waals surface area (Å²) in [5, 5.41) is 27.5. The van der Waals surface area contributed by atoms with Gasteiger partial charge in [-0.05, 0) is 137 Å². The Morgan fingerprint density at radius 1 is 0.403 bits per heavy atom. The van der Waals surface area contributed by atoms with Crippen molar-refractivity contribution in [3.8, 4) is 44.9 Å². The van der Waals surface area contributed by atoms with E-state index in [1.165, 1.54) is 22.3 Å². The molecule has 0 aromatic heterocycles. The van der Waals surface area contributed by atoms with E-state index in [0.717, 1.165) is 76.5 Å². The maximum absolute atomic E-state index is 11.4. The van der Waals surface area contributed by atoms with Crippen molar-refractivity contribution < 1.29 is 29.3 Å². The minimum Gasteiger partial charge on any atom is -0.493 e. The molecule has 1 aliphatic rings. The van der Waals surface area contributed by atoms with E-state index in [1.54, 1.807) is 0 Å². The average molecular weight is 875 g/mol. The fraction of sp³-hybridized carbons (Fsp3) is 0.115. The molecule has 2 N–H and O–H groups in total. The standard InChI is InChI=1S/C61H46O6/c62-57(63)19-9-33-66-55-31-25-43-37-47(27-29-49(43)59(55)45-23-21-39-11-1-3-13-41(39)35-45)61(53-17-7-5-15-51(53)52-16-6-8-18-54(52)61)48-28-30-50-44(38-48)26-32-56(67-34-10-20-58(64)65)60(50)46-24-22-40-12-2-4-14-42(40)36-46/h1-8,11-18,21-32,35-38H,9-10,19-20,33-34H2,(H,62,63)(H,64,65). The molecule has 0 bridgehead atoms. The zero-order valence-corrected chi connectivity index (χ0v) is 36.7. The SMILES string of the molecule is O=C(O)CCCOc1ccc2cc(C3(c4ccc5c(-c6ccc7ccccc7c6)c(OCCCC(=O)O)ccc5c4)c4ccccc4-c4ccccc43)ccc2c1-c1ccc2ccccc2c1. The molecule has 67 heavy (non-hydrogen) atoms. The first-order valence-electron chi connectivity index (χ1n) is 22.9. The van der Waals surface area contributed by atoms with E-state index in [1.807, 2.05) is 24.3 Å². The molecule has 0 spiro atoms. The van der Waals surface area contributed by atoms with E-state index < -0.39 is 17.4 Å². The minimum atomic E-state index is -0.839.